The largest absolute Gasteiger partial charge is 0.450 e. The molecular formula is C25H22N4O7S. The van der Waals surface area contributed by atoms with Crippen molar-refractivity contribution in [2.45, 2.75) is 26.1 Å². The third kappa shape index (κ3) is 4.83. The molecule has 0 fully saturated rings. The van der Waals surface area contributed by atoms with Gasteiger partial charge in [0.1, 0.15) is 16.9 Å². The Balaban J connectivity index is 1.26. The molecule has 5 rings (SSSR count). The van der Waals surface area contributed by atoms with Crippen LogP contribution in [0.1, 0.15) is 49.8 Å². The van der Waals surface area contributed by atoms with E-state index < -0.39 is 17.1 Å². The number of carbonyl (C=O) groups is 3. The molecule has 12 heteroatoms. The lowest BCUT2D eigenvalue weighted by atomic mass is 10.0. The molecule has 0 aliphatic carbocycles. The zero-order valence-electron chi connectivity index (χ0n) is 19.7. The zero-order chi connectivity index (χ0) is 26.1. The number of nitro groups is 1. The number of thiophene rings is 1. The molecule has 1 unspecified atom stereocenters. The molecule has 2 amide bonds. The SMILES string of the molecule is CCOC(=O)N1CCc2c(sc3c2C(=O)NC(c2ccc(OC(=O)c4ccc([N+](=O)[O-])cc4)cc2)N3)C1. The number of amides is 2. The number of carbonyl (C=O) groups excluding carboxylic acids is 3. The molecule has 2 N–H and O–H groups in total. The number of nitro benzene ring substituents is 1. The van der Waals surface area contributed by atoms with E-state index in [2.05, 4.69) is 10.6 Å². The maximum Gasteiger partial charge on any atom is 0.410 e. The Bertz CT molecular complexity index is 1390. The number of fused-ring (bicyclic) bond motifs is 3. The highest BCUT2D eigenvalue weighted by molar-refractivity contribution is 7.16. The molecule has 0 bridgehead atoms. The van der Waals surface area contributed by atoms with Crippen LogP contribution in [0.5, 0.6) is 5.75 Å². The van der Waals surface area contributed by atoms with Gasteiger partial charge < -0.3 is 25.0 Å². The standard InChI is InChI=1S/C25H22N4O7S/c1-2-35-25(32)28-12-11-18-19(13-28)37-23-20(18)22(30)26-21(27-23)14-5-9-17(10-6-14)36-24(31)15-3-7-16(8-4-15)29(33)34/h3-10,21,27H,2,11-13H2,1H3,(H,26,30). The minimum absolute atomic E-state index is 0.117. The van der Waals surface area contributed by atoms with Crippen LogP contribution in [0.15, 0.2) is 48.5 Å². The number of nitrogens with zero attached hydrogens (tertiary/aromatic N) is 2. The van der Waals surface area contributed by atoms with Crippen LogP contribution in [0.4, 0.5) is 15.5 Å². The van der Waals surface area contributed by atoms with E-state index in [4.69, 9.17) is 9.47 Å². The number of benzene rings is 2. The summed E-state index contributed by atoms with van der Waals surface area (Å²) in [5, 5.41) is 17.9. The molecule has 0 saturated heterocycles. The smallest absolute Gasteiger partial charge is 0.410 e. The van der Waals surface area contributed by atoms with Crippen LogP contribution in [0.2, 0.25) is 0 Å². The van der Waals surface area contributed by atoms with Gasteiger partial charge in [-0.25, -0.2) is 9.59 Å². The number of esters is 1. The van der Waals surface area contributed by atoms with Crippen LogP contribution in [-0.2, 0) is 17.7 Å². The number of nitrogens with one attached hydrogen (secondary N) is 2. The summed E-state index contributed by atoms with van der Waals surface area (Å²) in [5.41, 5.74) is 2.40. The van der Waals surface area contributed by atoms with E-state index >= 15 is 0 Å². The molecule has 2 aromatic carbocycles. The molecule has 0 radical (unpaired) electrons. The van der Waals surface area contributed by atoms with Gasteiger partial charge in [-0.1, -0.05) is 12.1 Å². The molecule has 2 aliphatic heterocycles. The number of anilines is 1. The minimum atomic E-state index is -0.641. The number of non-ortho nitro benzene ring substituents is 1. The summed E-state index contributed by atoms with van der Waals surface area (Å²) in [5.74, 6) is -0.535. The quantitative estimate of drug-likeness (QED) is 0.219. The molecule has 1 aromatic heterocycles. The summed E-state index contributed by atoms with van der Waals surface area (Å²) >= 11 is 1.46. The van der Waals surface area contributed by atoms with E-state index in [1.165, 1.54) is 35.6 Å². The van der Waals surface area contributed by atoms with Gasteiger partial charge in [0.2, 0.25) is 0 Å². The van der Waals surface area contributed by atoms with E-state index in [0.29, 0.717) is 37.4 Å². The Hall–Kier alpha value is -4.45. The van der Waals surface area contributed by atoms with Crippen molar-refractivity contribution in [2.75, 3.05) is 18.5 Å². The third-order valence-electron chi connectivity index (χ3n) is 6.10. The number of hydrogen-bond donors (Lipinski definition) is 2. The highest BCUT2D eigenvalue weighted by Gasteiger charge is 2.34. The maximum atomic E-state index is 13.0. The van der Waals surface area contributed by atoms with E-state index in [9.17, 15) is 24.5 Å². The first-order chi connectivity index (χ1) is 17.8. The van der Waals surface area contributed by atoms with Crippen LogP contribution in [-0.4, -0.2) is 40.9 Å². The molecule has 37 heavy (non-hydrogen) atoms. The summed E-state index contributed by atoms with van der Waals surface area (Å²) in [7, 11) is 0. The Morgan fingerprint density at radius 1 is 1.14 bits per heavy atom. The van der Waals surface area contributed by atoms with Gasteiger partial charge in [-0.3, -0.25) is 14.9 Å². The van der Waals surface area contributed by atoms with Crippen molar-refractivity contribution in [3.05, 3.63) is 85.8 Å². The summed E-state index contributed by atoms with van der Waals surface area (Å²) in [6.45, 7) is 2.97. The van der Waals surface area contributed by atoms with Crippen molar-refractivity contribution < 1.29 is 28.8 Å². The second-order valence-corrected chi connectivity index (χ2v) is 9.50. The van der Waals surface area contributed by atoms with Gasteiger partial charge in [-0.2, -0.15) is 0 Å². The van der Waals surface area contributed by atoms with E-state index in [-0.39, 0.29) is 23.3 Å². The van der Waals surface area contributed by atoms with Gasteiger partial charge in [0.15, 0.2) is 0 Å². The molecule has 11 nitrogen and oxygen atoms in total. The normalized spacial score (nSPS) is 16.1. The molecule has 190 valence electrons. The van der Waals surface area contributed by atoms with Crippen molar-refractivity contribution in [2.24, 2.45) is 0 Å². The summed E-state index contributed by atoms with van der Waals surface area (Å²) in [6.07, 6.45) is -0.265. The molecule has 0 spiro atoms. The fraction of sp³-hybridized carbons (Fsp3) is 0.240. The molecule has 3 aromatic rings. The predicted molar refractivity (Wildman–Crippen MR) is 134 cm³/mol. The average Bonchev–Trinajstić information content (AvgIpc) is 3.27. The first-order valence-corrected chi connectivity index (χ1v) is 12.4. The Morgan fingerprint density at radius 3 is 2.54 bits per heavy atom. The van der Waals surface area contributed by atoms with Crippen LogP contribution < -0.4 is 15.4 Å². The topological polar surface area (TPSA) is 140 Å². The highest BCUT2D eigenvalue weighted by atomic mass is 32.1. The van der Waals surface area contributed by atoms with Gasteiger partial charge in [0.25, 0.3) is 11.6 Å². The van der Waals surface area contributed by atoms with Crippen molar-refractivity contribution in [3.8, 4) is 5.75 Å². The summed E-state index contributed by atoms with van der Waals surface area (Å²) in [6, 6.07) is 11.8. The van der Waals surface area contributed by atoms with Gasteiger partial charge in [-0.05, 0) is 48.7 Å². The van der Waals surface area contributed by atoms with Gasteiger partial charge >= 0.3 is 12.1 Å². The fourth-order valence-electron chi connectivity index (χ4n) is 4.27. The molecule has 0 saturated carbocycles. The minimum Gasteiger partial charge on any atom is -0.450 e. The summed E-state index contributed by atoms with van der Waals surface area (Å²) < 4.78 is 10.5. The van der Waals surface area contributed by atoms with Crippen LogP contribution >= 0.6 is 11.3 Å². The first kappa shape index (κ1) is 24.3. The van der Waals surface area contributed by atoms with Gasteiger partial charge in [0, 0.05) is 23.6 Å². The van der Waals surface area contributed by atoms with Crippen molar-refractivity contribution in [3.63, 3.8) is 0 Å². The second kappa shape index (κ2) is 9.90. The van der Waals surface area contributed by atoms with Crippen molar-refractivity contribution in [1.82, 2.24) is 10.2 Å². The average molecular weight is 523 g/mol. The predicted octanol–water partition coefficient (Wildman–Crippen LogP) is 4.24. The fourth-order valence-corrected chi connectivity index (χ4v) is 5.56. The number of hydrogen-bond acceptors (Lipinski definition) is 9. The van der Waals surface area contributed by atoms with Crippen LogP contribution in [0, 0.1) is 10.1 Å². The van der Waals surface area contributed by atoms with Crippen LogP contribution in [0.25, 0.3) is 0 Å². The third-order valence-corrected chi connectivity index (χ3v) is 7.25. The lowest BCUT2D eigenvalue weighted by molar-refractivity contribution is -0.384. The molecular weight excluding hydrogens is 500 g/mol. The van der Waals surface area contributed by atoms with Crippen molar-refractivity contribution in [1.29, 1.82) is 0 Å². The highest BCUT2D eigenvalue weighted by Crippen LogP contribution is 2.41. The summed E-state index contributed by atoms with van der Waals surface area (Å²) in [4.78, 5) is 50.3. The number of ether oxygens (including phenoxy) is 2. The monoisotopic (exact) mass is 522 g/mol. The second-order valence-electron chi connectivity index (χ2n) is 8.39. The Morgan fingerprint density at radius 2 is 1.86 bits per heavy atom. The van der Waals surface area contributed by atoms with Crippen LogP contribution in [0.3, 0.4) is 0 Å². The first-order valence-electron chi connectivity index (χ1n) is 11.5. The molecule has 3 heterocycles. The number of rotatable bonds is 5. The van der Waals surface area contributed by atoms with Gasteiger partial charge in [-0.15, -0.1) is 11.3 Å². The Labute approximate surface area is 215 Å². The molecule has 2 aliphatic rings. The Kier molecular flexibility index (Phi) is 6.49. The molecule has 1 atom stereocenters. The van der Waals surface area contributed by atoms with Crippen molar-refractivity contribution >= 4 is 40.0 Å². The lowest BCUT2D eigenvalue weighted by Gasteiger charge is -2.28. The lowest BCUT2D eigenvalue weighted by Crippen LogP contribution is -2.39. The van der Waals surface area contributed by atoms with E-state index in [1.54, 1.807) is 36.1 Å². The maximum absolute atomic E-state index is 13.0. The van der Waals surface area contributed by atoms with E-state index in [0.717, 1.165) is 21.0 Å². The van der Waals surface area contributed by atoms with E-state index in [1.807, 2.05) is 0 Å². The van der Waals surface area contributed by atoms with Gasteiger partial charge in [0.05, 0.1) is 29.2 Å². The zero-order valence-corrected chi connectivity index (χ0v) is 20.5.